The summed E-state index contributed by atoms with van der Waals surface area (Å²) < 4.78 is 26.2. The van der Waals surface area contributed by atoms with Crippen LogP contribution in [0, 0.1) is 106 Å². The monoisotopic (exact) mass is 1070 g/mol. The van der Waals surface area contributed by atoms with E-state index in [0.29, 0.717) is 18.9 Å². The van der Waals surface area contributed by atoms with Gasteiger partial charge in [-0.3, -0.25) is 19.1 Å². The van der Waals surface area contributed by atoms with Gasteiger partial charge in [-0.25, -0.2) is 9.97 Å². The van der Waals surface area contributed by atoms with Crippen LogP contribution in [0.25, 0.3) is 28.1 Å². The first-order chi connectivity index (χ1) is 21.1. The van der Waals surface area contributed by atoms with Gasteiger partial charge in [0.1, 0.15) is 29.2 Å². The Kier molecular flexibility index (Phi) is 10.8. The molecule has 4 aliphatic rings. The van der Waals surface area contributed by atoms with Gasteiger partial charge in [0.25, 0.3) is 5.56 Å². The van der Waals surface area contributed by atoms with Crippen molar-refractivity contribution in [2.24, 2.45) is 17.8 Å². The Hall–Kier alpha value is -1.10. The zero-order valence-corrected chi connectivity index (χ0v) is 34.1. The number of anilines is 1. The number of imidazole rings is 2. The van der Waals surface area contributed by atoms with E-state index in [0.717, 1.165) is 0 Å². The second kappa shape index (κ2) is 13.7. The summed E-state index contributed by atoms with van der Waals surface area (Å²) in [5.41, 5.74) is 11.2. The number of H-pyrrole nitrogens is 2. The van der Waals surface area contributed by atoms with E-state index in [1.54, 1.807) is 9.13 Å². The van der Waals surface area contributed by atoms with Crippen LogP contribution in [0.15, 0.2) is 22.2 Å². The molecule has 0 aromatic carbocycles. The van der Waals surface area contributed by atoms with Crippen molar-refractivity contribution < 1.29 is 122 Å². The zero-order chi connectivity index (χ0) is 31.0. The number of nitrogen functional groups attached to an aromatic ring is 1. The van der Waals surface area contributed by atoms with Gasteiger partial charge in [0.05, 0.1) is 70.0 Å². The molecule has 2 unspecified atom stereocenters. The maximum absolute atomic E-state index is 11.8. The maximum Gasteiger partial charge on any atom is 0.280 e. The molecule has 8 heterocycles. The van der Waals surface area contributed by atoms with Crippen LogP contribution in [0.3, 0.4) is 0 Å². The largest absolute Gasteiger partial charge is 0.411 e. The predicted octanol–water partition coefficient (Wildman–Crippen LogP) is -1.69. The summed E-state index contributed by atoms with van der Waals surface area (Å²) in [6.07, 6.45) is 0.949. The fourth-order valence-corrected chi connectivity index (χ4v) is 6.61. The Labute approximate surface area is 330 Å². The van der Waals surface area contributed by atoms with Crippen molar-refractivity contribution in [3.63, 3.8) is 0 Å². The summed E-state index contributed by atoms with van der Waals surface area (Å²) in [5, 5.41) is 29.7. The van der Waals surface area contributed by atoms with Gasteiger partial charge in [-0.15, -0.1) is 0 Å². The molecule has 4 aromatic heterocycles. The molecule has 8 rings (SSSR count). The normalized spacial score (nSPS) is 32.9. The third-order valence-corrected chi connectivity index (χ3v) is 9.14. The van der Waals surface area contributed by atoms with E-state index in [9.17, 15) is 24.9 Å². The van der Waals surface area contributed by atoms with E-state index < -0.39 is 46.8 Å². The van der Waals surface area contributed by atoms with Crippen LogP contribution in [0.5, 0.6) is 0 Å². The smallest absolute Gasteiger partial charge is 0.280 e. The summed E-state index contributed by atoms with van der Waals surface area (Å²) in [5.74, 6) is -0.532. The molecule has 0 aliphatic carbocycles. The maximum atomic E-state index is 11.8. The first-order valence-electron chi connectivity index (χ1n) is 13.9. The molecule has 2 radical (unpaired) electrons. The number of aromatic amines is 2. The molecule has 46 heavy (non-hydrogen) atoms. The number of nitrogens with one attached hydrogen (secondary N) is 3. The van der Waals surface area contributed by atoms with Crippen molar-refractivity contribution in [3.8, 4) is 0 Å². The molecule has 0 spiro atoms. The van der Waals surface area contributed by atoms with Crippen molar-refractivity contribution in [2.45, 2.75) is 36.7 Å². The van der Waals surface area contributed by atoms with Crippen LogP contribution < -0.4 is 16.9 Å². The van der Waals surface area contributed by atoms with E-state index in [4.69, 9.17) is 30.4 Å². The van der Waals surface area contributed by atoms with Gasteiger partial charge in [0, 0.05) is 100.0 Å². The summed E-state index contributed by atoms with van der Waals surface area (Å²) >= 11 is 0. The van der Waals surface area contributed by atoms with Crippen LogP contribution in [0.1, 0.15) is 19.4 Å². The predicted molar refractivity (Wildman–Crippen MR) is 148 cm³/mol. The van der Waals surface area contributed by atoms with E-state index in [1.807, 2.05) is 6.92 Å². The van der Waals surface area contributed by atoms with Gasteiger partial charge < -0.3 is 60.3 Å². The van der Waals surface area contributed by atoms with Gasteiger partial charge in [-0.1, -0.05) is 6.92 Å². The average molecular weight is 1070 g/mol. The minimum Gasteiger partial charge on any atom is -0.411 e. The van der Waals surface area contributed by atoms with Gasteiger partial charge in [0.2, 0.25) is 11.5 Å². The van der Waals surface area contributed by atoms with Gasteiger partial charge in [0.15, 0.2) is 11.2 Å². The molecule has 21 heteroatoms. The van der Waals surface area contributed by atoms with Crippen LogP contribution in [0.2, 0.25) is 0 Å². The first kappa shape index (κ1) is 36.2. The number of nitrogens with two attached hydrogens (primary N) is 1. The molecular formula is C25H31Ac2N10O9-. The van der Waals surface area contributed by atoms with Gasteiger partial charge in [-0.2, -0.15) is 4.98 Å². The van der Waals surface area contributed by atoms with Crippen LogP contribution >= 0.6 is 0 Å². The number of hydrogen-bond donors (Lipinski definition) is 6. The van der Waals surface area contributed by atoms with Crippen molar-refractivity contribution in [2.75, 3.05) is 45.4 Å². The number of nitrogens with zero attached hydrogens (tertiary/aromatic N) is 6. The molecule has 242 valence electrons. The second-order valence-corrected chi connectivity index (χ2v) is 11.6. The van der Waals surface area contributed by atoms with E-state index in [-0.39, 0.29) is 155 Å². The van der Waals surface area contributed by atoms with E-state index >= 15 is 0 Å². The van der Waals surface area contributed by atoms with Crippen LogP contribution in [0.4, 0.5) is 11.9 Å². The second-order valence-electron chi connectivity index (χ2n) is 11.6. The molecule has 8 atom stereocenters. The first-order valence-corrected chi connectivity index (χ1v) is 13.9. The number of ether oxygens (including phenoxy) is 4. The molecule has 4 saturated heterocycles. The van der Waals surface area contributed by atoms with Crippen LogP contribution in [-0.2, 0) is 18.9 Å². The number of aliphatic hydroxyl groups is 3. The summed E-state index contributed by atoms with van der Waals surface area (Å²) in [6.45, 7) is 2.73. The third kappa shape index (κ3) is 5.71. The quantitative estimate of drug-likeness (QED) is 0.133. The van der Waals surface area contributed by atoms with Crippen molar-refractivity contribution in [1.29, 1.82) is 0 Å². The van der Waals surface area contributed by atoms with Crippen molar-refractivity contribution in [1.82, 2.24) is 39.0 Å². The van der Waals surface area contributed by atoms with Crippen molar-refractivity contribution >= 4 is 34.2 Å². The number of hydrogen-bond acceptors (Lipinski definition) is 14. The van der Waals surface area contributed by atoms with E-state index in [1.165, 1.54) is 12.7 Å². The molecule has 0 amide bonds. The number of aromatic nitrogens is 8. The minimum absolute atomic E-state index is 0. The molecule has 0 saturated carbocycles. The molecule has 19 nitrogen and oxygen atoms in total. The Bertz CT molecular complexity index is 1720. The summed E-state index contributed by atoms with van der Waals surface area (Å²) in [4.78, 5) is 44.6. The Morgan fingerprint density at radius 2 is 1.43 bits per heavy atom. The Morgan fingerprint density at radius 3 is 2.02 bits per heavy atom. The number of fused-ring (bicyclic) bond motifs is 6. The fourth-order valence-electron chi connectivity index (χ4n) is 6.61. The molecule has 4 aromatic rings. The topological polar surface area (TPSA) is 275 Å². The standard InChI is InChI=1S/C13H17N5O4.C12H15N5O5.2Ac/c1-6-7-2-21-4-13(6,3-19)22-11(7)18-5-15-8-9(18)16-12(14)17-10(8)20;13-11-15-8-6(9(20)16-11)14-4-17(8)10-5-1-21-3-12(2-18,22-10)7(5)19;;/h5-7,11,19H,2-4H2,1H3,(H3,14,16,17,20);4-5,7,10,18-19H,1-3H2,(H3,13,15,16,20);;/p-1/t6-,7?,11+,13+;5?,7-,10+,12+;;/m11../s1. The Balaban J connectivity index is 0.000000174. The van der Waals surface area contributed by atoms with Crippen LogP contribution in [-0.4, -0.2) is 111 Å². The van der Waals surface area contributed by atoms with Gasteiger partial charge >= 0.3 is 0 Å². The van der Waals surface area contributed by atoms with Crippen molar-refractivity contribution in [3.05, 3.63) is 39.1 Å². The number of rotatable bonds is 4. The molecule has 4 aliphatic heterocycles. The van der Waals surface area contributed by atoms with E-state index in [2.05, 4.69) is 29.9 Å². The molecular weight excluding hydrogens is 1040 g/mol. The zero-order valence-electron chi connectivity index (χ0n) is 24.6. The molecule has 4 fully saturated rings. The van der Waals surface area contributed by atoms with Gasteiger partial charge in [-0.05, 0) is 5.92 Å². The Morgan fingerprint density at radius 1 is 0.913 bits per heavy atom. The summed E-state index contributed by atoms with van der Waals surface area (Å²) in [7, 11) is 0. The fraction of sp³-hybridized carbons (Fsp3) is 0.600. The SMILES string of the molecule is C[C@@H]1C2COC[C@]1(CO)O[C@@H]2n1cnc2c(=O)[nH]c([NH-])nc21.Nc1nc2c(ncn2[C@H]2O[C@@]3(CO)COCC2[C@H]3O)c(=O)[nH]1.[Ac].[Ac]. The summed E-state index contributed by atoms with van der Waals surface area (Å²) in [6, 6.07) is 0. The molecule has 8 N–H and O–H groups in total. The molecule has 4 bridgehead atoms. The number of aliphatic hydroxyl groups excluding tert-OH is 3. The average Bonchev–Trinajstić information content (AvgIpc) is 3.66. The minimum atomic E-state index is -1.17. The third-order valence-electron chi connectivity index (χ3n) is 9.14.